The predicted molar refractivity (Wildman–Crippen MR) is 132 cm³/mol. The van der Waals surface area contributed by atoms with Gasteiger partial charge in [-0.2, -0.15) is 13.2 Å². The topological polar surface area (TPSA) is 119 Å². The lowest BCUT2D eigenvalue weighted by molar-refractivity contribution is -0.138. The SMILES string of the molecule is Nc1ncnc2c1c1cc(C(F)(F)F)ccc1n2CC(=O)N1[C@@H]2CC2C[C@H]1C(=O)Nc1cccc(Br)n1. The van der Waals surface area contributed by atoms with Gasteiger partial charge in [0.15, 0.2) is 0 Å². The number of amides is 2. The molecule has 4 aromatic rings. The van der Waals surface area contributed by atoms with Gasteiger partial charge in [0.2, 0.25) is 11.8 Å². The maximum atomic E-state index is 13.6. The van der Waals surface area contributed by atoms with Crippen LogP contribution < -0.4 is 11.1 Å². The van der Waals surface area contributed by atoms with E-state index in [4.69, 9.17) is 5.73 Å². The van der Waals surface area contributed by atoms with Crippen molar-refractivity contribution in [2.45, 2.75) is 37.6 Å². The first-order valence-electron chi connectivity index (χ1n) is 11.5. The van der Waals surface area contributed by atoms with Crippen molar-refractivity contribution in [3.8, 4) is 0 Å². The van der Waals surface area contributed by atoms with E-state index in [-0.39, 0.29) is 52.6 Å². The normalized spacial score (nSPS) is 20.9. The Bertz CT molecular complexity index is 1590. The van der Waals surface area contributed by atoms with Gasteiger partial charge in [-0.25, -0.2) is 15.0 Å². The van der Waals surface area contributed by atoms with Crippen LogP contribution in [-0.4, -0.2) is 48.3 Å². The molecule has 0 bridgehead atoms. The van der Waals surface area contributed by atoms with E-state index >= 15 is 0 Å². The van der Waals surface area contributed by atoms with E-state index in [1.807, 2.05) is 0 Å². The Hall–Kier alpha value is -3.74. The van der Waals surface area contributed by atoms with E-state index in [9.17, 15) is 22.8 Å². The number of aromatic nitrogens is 4. The number of alkyl halides is 3. The van der Waals surface area contributed by atoms with Gasteiger partial charge in [0.25, 0.3) is 0 Å². The van der Waals surface area contributed by atoms with Crippen LogP contribution in [0.15, 0.2) is 47.3 Å². The summed E-state index contributed by atoms with van der Waals surface area (Å²) >= 11 is 3.27. The Labute approximate surface area is 216 Å². The minimum absolute atomic E-state index is 0.0164. The van der Waals surface area contributed by atoms with Crippen molar-refractivity contribution in [3.63, 3.8) is 0 Å². The van der Waals surface area contributed by atoms with Gasteiger partial charge in [-0.1, -0.05) is 6.07 Å². The van der Waals surface area contributed by atoms with Crippen LogP contribution in [0.3, 0.4) is 0 Å². The number of nitrogen functional groups attached to an aromatic ring is 1. The highest BCUT2D eigenvalue weighted by atomic mass is 79.9. The zero-order valence-electron chi connectivity index (χ0n) is 19.0. The average Bonchev–Trinajstić information content (AvgIpc) is 3.38. The Morgan fingerprint density at radius 2 is 1.97 bits per heavy atom. The number of hydrogen-bond acceptors (Lipinski definition) is 6. The summed E-state index contributed by atoms with van der Waals surface area (Å²) in [6.45, 7) is -0.218. The molecule has 1 saturated heterocycles. The van der Waals surface area contributed by atoms with E-state index in [2.05, 4.69) is 36.2 Å². The molecule has 2 fully saturated rings. The number of rotatable bonds is 4. The average molecular weight is 574 g/mol. The second kappa shape index (κ2) is 8.40. The van der Waals surface area contributed by atoms with E-state index < -0.39 is 17.8 Å². The van der Waals surface area contributed by atoms with Gasteiger partial charge in [0.1, 0.15) is 40.8 Å². The zero-order valence-corrected chi connectivity index (χ0v) is 20.6. The van der Waals surface area contributed by atoms with E-state index in [0.717, 1.165) is 18.6 Å². The quantitative estimate of drug-likeness (QED) is 0.356. The number of piperidine rings is 1. The summed E-state index contributed by atoms with van der Waals surface area (Å²) in [4.78, 5) is 40.7. The number of hydrogen-bond donors (Lipinski definition) is 2. The highest BCUT2D eigenvalue weighted by Gasteiger charge is 2.56. The number of benzene rings is 1. The molecule has 13 heteroatoms. The maximum absolute atomic E-state index is 13.6. The van der Waals surface area contributed by atoms with Crippen molar-refractivity contribution in [1.82, 2.24) is 24.4 Å². The lowest BCUT2D eigenvalue weighted by Gasteiger charge is -2.27. The fourth-order valence-electron chi connectivity index (χ4n) is 5.23. The molecule has 190 valence electrons. The molecule has 1 aliphatic heterocycles. The molecule has 3 aromatic heterocycles. The number of carbonyl (C=O) groups excluding carboxylic acids is 2. The second-order valence-electron chi connectivity index (χ2n) is 9.22. The van der Waals surface area contributed by atoms with Gasteiger partial charge in [-0.3, -0.25) is 9.59 Å². The van der Waals surface area contributed by atoms with Crippen molar-refractivity contribution in [1.29, 1.82) is 0 Å². The molecule has 1 aromatic carbocycles. The van der Waals surface area contributed by atoms with Gasteiger partial charge in [0, 0.05) is 11.4 Å². The minimum atomic E-state index is -4.55. The summed E-state index contributed by atoms with van der Waals surface area (Å²) < 4.78 is 42.3. The molecular formula is C24H19BrF3N7O2. The van der Waals surface area contributed by atoms with Gasteiger partial charge in [-0.05, 0) is 65.0 Å². The molecule has 4 heterocycles. The zero-order chi connectivity index (χ0) is 26.1. The molecule has 6 rings (SSSR count). The highest BCUT2D eigenvalue weighted by Crippen LogP contribution is 2.48. The van der Waals surface area contributed by atoms with Gasteiger partial charge in [-0.15, -0.1) is 0 Å². The number of likely N-dealkylation sites (tertiary alicyclic amines) is 1. The van der Waals surface area contributed by atoms with Crippen LogP contribution in [0.5, 0.6) is 0 Å². The Morgan fingerprint density at radius 3 is 2.73 bits per heavy atom. The molecule has 0 spiro atoms. The predicted octanol–water partition coefficient (Wildman–Crippen LogP) is 3.97. The van der Waals surface area contributed by atoms with E-state index in [0.29, 0.717) is 22.4 Å². The molecule has 1 saturated carbocycles. The van der Waals surface area contributed by atoms with Crippen LogP contribution in [0.1, 0.15) is 18.4 Å². The number of fused-ring (bicyclic) bond motifs is 4. The summed E-state index contributed by atoms with van der Waals surface area (Å²) in [7, 11) is 0. The number of halogens is 4. The summed E-state index contributed by atoms with van der Waals surface area (Å²) in [6, 6.07) is 7.65. The molecule has 0 radical (unpaired) electrons. The number of nitrogens with one attached hydrogen (secondary N) is 1. The fourth-order valence-corrected chi connectivity index (χ4v) is 5.57. The van der Waals surface area contributed by atoms with Crippen LogP contribution in [0.25, 0.3) is 21.9 Å². The molecule has 2 amide bonds. The van der Waals surface area contributed by atoms with Crippen molar-refractivity contribution in [2.75, 3.05) is 11.1 Å². The Morgan fingerprint density at radius 1 is 1.16 bits per heavy atom. The lowest BCUT2D eigenvalue weighted by Crippen LogP contribution is -2.46. The fraction of sp³-hybridized carbons (Fsp3) is 0.292. The Kier molecular flexibility index (Phi) is 5.37. The van der Waals surface area contributed by atoms with Crippen molar-refractivity contribution < 1.29 is 22.8 Å². The smallest absolute Gasteiger partial charge is 0.383 e. The van der Waals surface area contributed by atoms with Gasteiger partial charge in [0.05, 0.1) is 16.5 Å². The van der Waals surface area contributed by atoms with Crippen LogP contribution in [-0.2, 0) is 22.3 Å². The van der Waals surface area contributed by atoms with Gasteiger partial charge < -0.3 is 20.5 Å². The molecule has 37 heavy (non-hydrogen) atoms. The monoisotopic (exact) mass is 573 g/mol. The van der Waals surface area contributed by atoms with E-state index in [1.54, 1.807) is 23.1 Å². The highest BCUT2D eigenvalue weighted by molar-refractivity contribution is 9.10. The second-order valence-corrected chi connectivity index (χ2v) is 10.0. The first-order valence-corrected chi connectivity index (χ1v) is 12.3. The van der Waals surface area contributed by atoms with Crippen LogP contribution in [0.2, 0.25) is 0 Å². The summed E-state index contributed by atoms with van der Waals surface area (Å²) in [6.07, 6.45) is -2.01. The first-order chi connectivity index (χ1) is 17.6. The summed E-state index contributed by atoms with van der Waals surface area (Å²) in [5, 5.41) is 3.22. The third-order valence-corrected chi connectivity index (χ3v) is 7.39. The molecule has 1 aliphatic carbocycles. The minimum Gasteiger partial charge on any atom is -0.383 e. The number of nitrogens with two attached hydrogens (primary N) is 1. The van der Waals surface area contributed by atoms with Crippen molar-refractivity contribution in [3.05, 3.63) is 52.9 Å². The number of pyridine rings is 1. The molecular weight excluding hydrogens is 555 g/mol. The Balaban J connectivity index is 1.34. The molecule has 3 N–H and O–H groups in total. The molecule has 2 aliphatic rings. The molecule has 1 unspecified atom stereocenters. The maximum Gasteiger partial charge on any atom is 0.416 e. The summed E-state index contributed by atoms with van der Waals surface area (Å²) in [5.74, 6) is -0.0521. The standard InChI is InChI=1S/C24H19BrF3N7O2/c25-17-2-1-3-18(32-17)33-23(37)16-7-11-6-15(11)35(16)19(36)9-34-14-5-4-12(24(26,27)28)8-13(14)20-21(29)30-10-31-22(20)34/h1-5,8,10-11,15-16H,6-7,9H2,(H2,29,30,31)(H,32,33,37)/t11?,15-,16+/m1/s1. The van der Waals surface area contributed by atoms with Crippen LogP contribution in [0.4, 0.5) is 24.8 Å². The van der Waals surface area contributed by atoms with E-state index in [1.165, 1.54) is 17.0 Å². The number of nitrogens with zero attached hydrogens (tertiary/aromatic N) is 5. The lowest BCUT2D eigenvalue weighted by atomic mass is 10.1. The van der Waals surface area contributed by atoms with Gasteiger partial charge >= 0.3 is 6.18 Å². The van der Waals surface area contributed by atoms with Crippen molar-refractivity contribution in [2.24, 2.45) is 5.92 Å². The summed E-state index contributed by atoms with van der Waals surface area (Å²) in [5.41, 5.74) is 5.80. The largest absolute Gasteiger partial charge is 0.416 e. The van der Waals surface area contributed by atoms with Crippen LogP contribution in [0, 0.1) is 5.92 Å². The first kappa shape index (κ1) is 23.6. The van der Waals surface area contributed by atoms with Crippen molar-refractivity contribution >= 4 is 61.3 Å². The van der Waals surface area contributed by atoms with Crippen LogP contribution >= 0.6 is 15.9 Å². The number of carbonyl (C=O) groups is 2. The molecule has 3 atom stereocenters. The third kappa shape index (κ3) is 4.06. The molecule has 9 nitrogen and oxygen atoms in total. The third-order valence-electron chi connectivity index (χ3n) is 6.95. The number of anilines is 2.